The lowest BCUT2D eigenvalue weighted by atomic mass is 10.1. The van der Waals surface area contributed by atoms with Crippen LogP contribution in [0.15, 0.2) is 12.0 Å². The first-order valence-electron chi connectivity index (χ1n) is 6.06. The number of nitrogens with one attached hydrogen (secondary N) is 1. The van der Waals surface area contributed by atoms with Gasteiger partial charge in [0.05, 0.1) is 0 Å². The molecule has 0 saturated carbocycles. The number of ether oxygens (including phenoxy) is 2. The fraction of sp³-hybridized carbons (Fsp3) is 0.636. The molecule has 5 atom stereocenters. The van der Waals surface area contributed by atoms with Gasteiger partial charge in [-0.15, -0.1) is 0 Å². The third-order valence-electron chi connectivity index (χ3n) is 3.47. The predicted molar refractivity (Wildman–Crippen MR) is 58.1 cm³/mol. The zero-order valence-electron chi connectivity index (χ0n) is 10.6. The molecule has 0 bridgehead atoms. The first-order valence-corrected chi connectivity index (χ1v) is 6.06. The minimum atomic E-state index is -3.84. The minimum absolute atomic E-state index is 0.529. The van der Waals surface area contributed by atoms with Crippen LogP contribution in [-0.2, 0) is 19.1 Å². The van der Waals surface area contributed by atoms with Crippen LogP contribution < -0.4 is 5.32 Å². The maximum Gasteiger partial charge on any atom is 0.320 e. The standard InChI is InChI=1S/C11H11F3N2O5/c1-3(17)5-6(18)11(13,14)10(20-5)16-2-4(12)7(19)15-8-9(16)21-8/h2,5-6,8-10,18H,1H3,(H,15,19). The van der Waals surface area contributed by atoms with Gasteiger partial charge in [0.15, 0.2) is 36.7 Å². The van der Waals surface area contributed by atoms with Crippen LogP contribution in [0, 0.1) is 0 Å². The molecule has 3 aliphatic rings. The second-order valence-electron chi connectivity index (χ2n) is 4.98. The molecule has 7 nitrogen and oxygen atoms in total. The number of aliphatic hydroxyl groups excluding tert-OH is 1. The summed E-state index contributed by atoms with van der Waals surface area (Å²) in [6, 6.07) is 0. The van der Waals surface area contributed by atoms with Gasteiger partial charge in [0.1, 0.15) is 0 Å². The minimum Gasteiger partial charge on any atom is -0.383 e. The third kappa shape index (κ3) is 2.10. The first kappa shape index (κ1) is 14.3. The second-order valence-corrected chi connectivity index (χ2v) is 4.98. The van der Waals surface area contributed by atoms with Crippen LogP contribution in [0.3, 0.4) is 0 Å². The molecule has 0 radical (unpaired) electrons. The van der Waals surface area contributed by atoms with E-state index in [1.807, 2.05) is 0 Å². The molecule has 0 aromatic rings. The van der Waals surface area contributed by atoms with Gasteiger partial charge in [-0.3, -0.25) is 9.59 Å². The Morgan fingerprint density at radius 3 is 2.71 bits per heavy atom. The quantitative estimate of drug-likeness (QED) is 0.651. The van der Waals surface area contributed by atoms with E-state index < -0.39 is 54.3 Å². The summed E-state index contributed by atoms with van der Waals surface area (Å²) < 4.78 is 51.4. The Labute approximate surface area is 116 Å². The van der Waals surface area contributed by atoms with Gasteiger partial charge in [0.25, 0.3) is 5.91 Å². The Morgan fingerprint density at radius 1 is 1.48 bits per heavy atom. The van der Waals surface area contributed by atoms with Crippen LogP contribution in [-0.4, -0.2) is 58.5 Å². The third-order valence-corrected chi connectivity index (χ3v) is 3.47. The van der Waals surface area contributed by atoms with E-state index in [0.29, 0.717) is 11.1 Å². The summed E-state index contributed by atoms with van der Waals surface area (Å²) in [5.74, 6) is -7.02. The number of rotatable bonds is 2. The number of fused-ring (bicyclic) bond motifs is 1. The Morgan fingerprint density at radius 2 is 2.14 bits per heavy atom. The van der Waals surface area contributed by atoms with Crippen molar-refractivity contribution < 1.29 is 37.3 Å². The highest BCUT2D eigenvalue weighted by Gasteiger charge is 2.65. The number of carbonyl (C=O) groups excluding carboxylic acids is 2. The number of ketones is 1. The Bertz CT molecular complexity index is 540. The predicted octanol–water partition coefficient (Wildman–Crippen LogP) is -0.778. The molecule has 0 spiro atoms. The molecule has 3 rings (SSSR count). The van der Waals surface area contributed by atoms with Crippen LogP contribution >= 0.6 is 0 Å². The molecular formula is C11H11F3N2O5. The number of aliphatic hydroxyl groups is 1. The SMILES string of the molecule is CC(=O)C1OC(N2C=C(F)C(=O)NC3OC32)C(F)(F)C1O. The van der Waals surface area contributed by atoms with Gasteiger partial charge in [0, 0.05) is 6.20 Å². The highest BCUT2D eigenvalue weighted by molar-refractivity contribution is 5.91. The maximum absolute atomic E-state index is 14.1. The molecule has 0 aliphatic carbocycles. The smallest absolute Gasteiger partial charge is 0.320 e. The van der Waals surface area contributed by atoms with E-state index in [1.165, 1.54) is 0 Å². The van der Waals surface area contributed by atoms with Gasteiger partial charge in [-0.1, -0.05) is 0 Å². The lowest BCUT2D eigenvalue weighted by Crippen LogP contribution is -2.49. The van der Waals surface area contributed by atoms with Gasteiger partial charge >= 0.3 is 5.92 Å². The Hall–Kier alpha value is -1.65. The number of hydrogen-bond donors (Lipinski definition) is 2. The number of epoxide rings is 1. The van der Waals surface area contributed by atoms with Crippen molar-refractivity contribution >= 4 is 11.7 Å². The molecule has 3 heterocycles. The van der Waals surface area contributed by atoms with Crippen molar-refractivity contribution in [2.24, 2.45) is 0 Å². The zero-order chi connectivity index (χ0) is 15.5. The van der Waals surface area contributed by atoms with Crippen LogP contribution in [0.25, 0.3) is 0 Å². The molecule has 10 heteroatoms. The van der Waals surface area contributed by atoms with Gasteiger partial charge in [-0.05, 0) is 6.92 Å². The van der Waals surface area contributed by atoms with E-state index in [9.17, 15) is 27.9 Å². The number of alkyl halides is 2. The fourth-order valence-corrected chi connectivity index (χ4v) is 2.34. The number of Topliss-reactive ketones (excluding diaryl/α,β-unsaturated/α-hetero) is 1. The van der Waals surface area contributed by atoms with E-state index in [4.69, 9.17) is 9.47 Å². The lowest BCUT2D eigenvalue weighted by molar-refractivity contribution is -0.164. The van der Waals surface area contributed by atoms with Crippen molar-refractivity contribution in [3.8, 4) is 0 Å². The second kappa shape index (κ2) is 4.42. The average molecular weight is 308 g/mol. The highest BCUT2D eigenvalue weighted by Crippen LogP contribution is 2.42. The number of halogens is 3. The monoisotopic (exact) mass is 308 g/mol. The van der Waals surface area contributed by atoms with Crippen LogP contribution in [0.1, 0.15) is 6.92 Å². The first-order chi connectivity index (χ1) is 9.73. The molecule has 2 saturated heterocycles. The number of hydrogen-bond acceptors (Lipinski definition) is 6. The van der Waals surface area contributed by atoms with E-state index in [-0.39, 0.29) is 0 Å². The average Bonchev–Trinajstić information content (AvgIpc) is 3.10. The van der Waals surface area contributed by atoms with Crippen LogP contribution in [0.5, 0.6) is 0 Å². The fourth-order valence-electron chi connectivity index (χ4n) is 2.34. The molecular weight excluding hydrogens is 297 g/mol. The van der Waals surface area contributed by atoms with Gasteiger partial charge in [-0.25, -0.2) is 0 Å². The summed E-state index contributed by atoms with van der Waals surface area (Å²) in [5, 5.41) is 11.6. The summed E-state index contributed by atoms with van der Waals surface area (Å²) >= 11 is 0. The molecule has 0 aromatic heterocycles. The van der Waals surface area contributed by atoms with Gasteiger partial charge in [0.2, 0.25) is 5.83 Å². The molecule has 2 N–H and O–H groups in total. The summed E-state index contributed by atoms with van der Waals surface area (Å²) in [6.07, 6.45) is -7.67. The van der Waals surface area contributed by atoms with Crippen molar-refractivity contribution in [3.05, 3.63) is 12.0 Å². The van der Waals surface area contributed by atoms with Gasteiger partial charge < -0.3 is 24.8 Å². The molecule has 3 aliphatic heterocycles. The largest absolute Gasteiger partial charge is 0.383 e. The van der Waals surface area contributed by atoms with Crippen molar-refractivity contribution in [2.75, 3.05) is 0 Å². The summed E-state index contributed by atoms with van der Waals surface area (Å²) in [6.45, 7) is 0.993. The van der Waals surface area contributed by atoms with Crippen molar-refractivity contribution in [1.82, 2.24) is 10.2 Å². The van der Waals surface area contributed by atoms with Gasteiger partial charge in [-0.2, -0.15) is 13.2 Å². The molecule has 1 amide bonds. The topological polar surface area (TPSA) is 91.4 Å². The zero-order valence-corrected chi connectivity index (χ0v) is 10.6. The van der Waals surface area contributed by atoms with Crippen LogP contribution in [0.2, 0.25) is 0 Å². The van der Waals surface area contributed by atoms with Crippen LogP contribution in [0.4, 0.5) is 13.2 Å². The molecule has 116 valence electrons. The molecule has 2 fully saturated rings. The van der Waals surface area contributed by atoms with Crippen molar-refractivity contribution in [2.45, 2.75) is 43.7 Å². The van der Waals surface area contributed by atoms with E-state index in [1.54, 1.807) is 0 Å². The Balaban J connectivity index is 1.92. The molecule has 5 unspecified atom stereocenters. The summed E-state index contributed by atoms with van der Waals surface area (Å²) in [5.41, 5.74) is 0. The highest BCUT2D eigenvalue weighted by atomic mass is 19.3. The van der Waals surface area contributed by atoms with E-state index in [0.717, 1.165) is 6.92 Å². The molecule has 21 heavy (non-hydrogen) atoms. The van der Waals surface area contributed by atoms with E-state index >= 15 is 0 Å². The normalized spacial score (nSPS) is 41.0. The summed E-state index contributed by atoms with van der Waals surface area (Å²) in [7, 11) is 0. The molecule has 0 aromatic carbocycles. The number of nitrogens with zero attached hydrogens (tertiary/aromatic N) is 1. The van der Waals surface area contributed by atoms with Crippen molar-refractivity contribution in [3.63, 3.8) is 0 Å². The Kier molecular flexibility index (Phi) is 3.01. The lowest BCUT2D eigenvalue weighted by Gasteiger charge is -2.28. The number of amides is 1. The summed E-state index contributed by atoms with van der Waals surface area (Å²) in [4.78, 5) is 23.1. The maximum atomic E-state index is 14.1. The van der Waals surface area contributed by atoms with E-state index in [2.05, 4.69) is 5.32 Å². The number of carbonyl (C=O) groups is 2. The van der Waals surface area contributed by atoms with Crippen molar-refractivity contribution in [1.29, 1.82) is 0 Å².